The zero-order valence-corrected chi connectivity index (χ0v) is 11.7. The van der Waals surface area contributed by atoms with Crippen molar-refractivity contribution in [2.24, 2.45) is 0 Å². The average Bonchev–Trinajstić information content (AvgIpc) is 3.12. The molecule has 0 aliphatic carbocycles. The maximum absolute atomic E-state index is 12.2. The van der Waals surface area contributed by atoms with Gasteiger partial charge >= 0.3 is 0 Å². The van der Waals surface area contributed by atoms with Crippen LogP contribution in [0.2, 0.25) is 0 Å². The Balaban J connectivity index is 1.83. The van der Waals surface area contributed by atoms with E-state index in [1.54, 1.807) is 12.1 Å². The minimum atomic E-state index is -0.136. The molecule has 2 aromatic carbocycles. The Labute approximate surface area is 124 Å². The second-order valence-corrected chi connectivity index (χ2v) is 5.72. The molecule has 0 saturated heterocycles. The van der Waals surface area contributed by atoms with Crippen molar-refractivity contribution in [1.82, 2.24) is 0 Å². The van der Waals surface area contributed by atoms with E-state index in [1.807, 2.05) is 35.7 Å². The van der Waals surface area contributed by atoms with Crippen molar-refractivity contribution in [1.29, 1.82) is 0 Å². The molecule has 3 aromatic rings. The molecule has 0 saturated carbocycles. The second kappa shape index (κ2) is 4.43. The zero-order valence-electron chi connectivity index (χ0n) is 10.8. The maximum Gasteiger partial charge on any atom is 0.265 e. The molecule has 0 atom stereocenters. The Morgan fingerprint density at radius 3 is 2.81 bits per heavy atom. The molecule has 1 aliphatic heterocycles. The Morgan fingerprint density at radius 2 is 2.00 bits per heavy atom. The lowest BCUT2D eigenvalue weighted by Gasteiger charge is -2.09. The number of rotatable bonds is 2. The van der Waals surface area contributed by atoms with Gasteiger partial charge in [-0.25, -0.2) is 0 Å². The van der Waals surface area contributed by atoms with Crippen LogP contribution in [0.3, 0.4) is 0 Å². The van der Waals surface area contributed by atoms with Crippen LogP contribution in [0.15, 0.2) is 47.8 Å². The minimum absolute atomic E-state index is 0.0997. The first-order valence-corrected chi connectivity index (χ1v) is 7.34. The van der Waals surface area contributed by atoms with Gasteiger partial charge < -0.3 is 10.6 Å². The highest BCUT2D eigenvalue weighted by molar-refractivity contribution is 7.12. The predicted octanol–water partition coefficient (Wildman–Crippen LogP) is 3.72. The molecule has 4 rings (SSSR count). The monoisotopic (exact) mass is 294 g/mol. The summed E-state index contributed by atoms with van der Waals surface area (Å²) < 4.78 is 0. The molecular weight excluding hydrogens is 284 g/mol. The number of amides is 2. The summed E-state index contributed by atoms with van der Waals surface area (Å²) in [5.74, 6) is -0.236. The van der Waals surface area contributed by atoms with Crippen molar-refractivity contribution in [2.75, 3.05) is 10.6 Å². The van der Waals surface area contributed by atoms with Gasteiger partial charge in [0, 0.05) is 27.7 Å². The lowest BCUT2D eigenvalue weighted by Crippen LogP contribution is -2.10. The summed E-state index contributed by atoms with van der Waals surface area (Å²) in [7, 11) is 0. The molecule has 0 unspecified atom stereocenters. The third kappa shape index (κ3) is 1.82. The van der Waals surface area contributed by atoms with E-state index in [2.05, 4.69) is 10.6 Å². The van der Waals surface area contributed by atoms with Gasteiger partial charge in [0.1, 0.15) is 0 Å². The number of hydrogen-bond acceptors (Lipinski definition) is 3. The van der Waals surface area contributed by atoms with Crippen molar-refractivity contribution in [3.8, 4) is 0 Å². The Bertz CT molecular complexity index is 885. The summed E-state index contributed by atoms with van der Waals surface area (Å²) in [5, 5.41) is 9.35. The number of benzene rings is 2. The van der Waals surface area contributed by atoms with Crippen LogP contribution >= 0.6 is 11.3 Å². The predicted molar refractivity (Wildman–Crippen MR) is 84.2 cm³/mol. The van der Waals surface area contributed by atoms with Gasteiger partial charge in [0.25, 0.3) is 11.8 Å². The van der Waals surface area contributed by atoms with Crippen molar-refractivity contribution in [3.63, 3.8) is 0 Å². The van der Waals surface area contributed by atoms with Crippen LogP contribution in [0.4, 0.5) is 11.4 Å². The fourth-order valence-electron chi connectivity index (χ4n) is 2.59. The summed E-state index contributed by atoms with van der Waals surface area (Å²) in [6.07, 6.45) is 0. The first-order valence-electron chi connectivity index (χ1n) is 6.46. The Hall–Kier alpha value is -2.66. The molecule has 21 heavy (non-hydrogen) atoms. The SMILES string of the molecule is O=C(Nc1ccc2c3c(cccc13)C(=O)N2)c1cccs1. The number of hydrogen-bond donors (Lipinski definition) is 2. The van der Waals surface area contributed by atoms with Crippen LogP contribution in [-0.4, -0.2) is 11.8 Å². The van der Waals surface area contributed by atoms with E-state index in [0.717, 1.165) is 16.5 Å². The molecule has 102 valence electrons. The van der Waals surface area contributed by atoms with Gasteiger partial charge in [-0.1, -0.05) is 18.2 Å². The smallest absolute Gasteiger partial charge is 0.265 e. The zero-order chi connectivity index (χ0) is 14.4. The third-order valence-corrected chi connectivity index (χ3v) is 4.40. The van der Waals surface area contributed by atoms with Gasteiger partial charge in [0.05, 0.1) is 4.88 Å². The highest BCUT2D eigenvalue weighted by Crippen LogP contribution is 2.37. The quantitative estimate of drug-likeness (QED) is 0.756. The number of carbonyl (C=O) groups is 2. The first-order chi connectivity index (χ1) is 10.2. The highest BCUT2D eigenvalue weighted by atomic mass is 32.1. The molecule has 0 radical (unpaired) electrons. The molecule has 5 heteroatoms. The molecule has 2 N–H and O–H groups in total. The van der Waals surface area contributed by atoms with E-state index >= 15 is 0 Å². The van der Waals surface area contributed by atoms with Gasteiger partial charge in [-0.3, -0.25) is 9.59 Å². The van der Waals surface area contributed by atoms with Gasteiger partial charge in [-0.05, 0) is 29.6 Å². The number of carbonyl (C=O) groups excluding carboxylic acids is 2. The molecular formula is C16H10N2O2S. The number of anilines is 2. The van der Waals surface area contributed by atoms with E-state index < -0.39 is 0 Å². The summed E-state index contributed by atoms with van der Waals surface area (Å²) in [5.41, 5.74) is 2.15. The molecule has 0 bridgehead atoms. The van der Waals surface area contributed by atoms with Gasteiger partial charge in [0.15, 0.2) is 0 Å². The summed E-state index contributed by atoms with van der Waals surface area (Å²) in [6.45, 7) is 0. The standard InChI is InChI=1S/C16H10N2O2S/c19-15-10-4-1-3-9-11(6-7-12(18-15)14(9)10)17-16(20)13-5-2-8-21-13/h1-8H,(H,17,20)(H,18,19). The van der Waals surface area contributed by atoms with Gasteiger partial charge in [-0.2, -0.15) is 0 Å². The number of nitrogens with one attached hydrogen (secondary N) is 2. The van der Waals surface area contributed by atoms with E-state index in [0.29, 0.717) is 16.1 Å². The van der Waals surface area contributed by atoms with Gasteiger partial charge in [0.2, 0.25) is 0 Å². The van der Waals surface area contributed by atoms with Crippen LogP contribution in [0.1, 0.15) is 20.0 Å². The molecule has 2 heterocycles. The van der Waals surface area contributed by atoms with Crippen LogP contribution < -0.4 is 10.6 Å². The minimum Gasteiger partial charge on any atom is -0.321 e. The lowest BCUT2D eigenvalue weighted by molar-refractivity contribution is 0.102. The van der Waals surface area contributed by atoms with Crippen LogP contribution in [0.25, 0.3) is 10.8 Å². The van der Waals surface area contributed by atoms with Crippen LogP contribution in [-0.2, 0) is 0 Å². The fourth-order valence-corrected chi connectivity index (χ4v) is 3.21. The number of thiophene rings is 1. The highest BCUT2D eigenvalue weighted by Gasteiger charge is 2.22. The molecule has 0 spiro atoms. The third-order valence-electron chi connectivity index (χ3n) is 3.53. The Kier molecular flexibility index (Phi) is 2.55. The molecule has 1 aromatic heterocycles. The van der Waals surface area contributed by atoms with E-state index in [-0.39, 0.29) is 11.8 Å². The van der Waals surface area contributed by atoms with Crippen molar-refractivity contribution in [2.45, 2.75) is 0 Å². The summed E-state index contributed by atoms with van der Waals surface area (Å²) in [6, 6.07) is 12.8. The van der Waals surface area contributed by atoms with E-state index in [1.165, 1.54) is 11.3 Å². The van der Waals surface area contributed by atoms with Crippen LogP contribution in [0, 0.1) is 0 Å². The van der Waals surface area contributed by atoms with Crippen molar-refractivity contribution in [3.05, 3.63) is 58.3 Å². The Morgan fingerprint density at radius 1 is 1.10 bits per heavy atom. The molecule has 1 aliphatic rings. The first kappa shape index (κ1) is 12.1. The topological polar surface area (TPSA) is 58.2 Å². The second-order valence-electron chi connectivity index (χ2n) is 4.77. The van der Waals surface area contributed by atoms with E-state index in [9.17, 15) is 9.59 Å². The fraction of sp³-hybridized carbons (Fsp3) is 0. The van der Waals surface area contributed by atoms with Crippen LogP contribution in [0.5, 0.6) is 0 Å². The molecule has 2 amide bonds. The molecule has 4 nitrogen and oxygen atoms in total. The lowest BCUT2D eigenvalue weighted by atomic mass is 10.0. The average molecular weight is 294 g/mol. The largest absolute Gasteiger partial charge is 0.321 e. The normalized spacial score (nSPS) is 12.5. The summed E-state index contributed by atoms with van der Waals surface area (Å²) >= 11 is 1.40. The van der Waals surface area contributed by atoms with Gasteiger partial charge in [-0.15, -0.1) is 11.3 Å². The van der Waals surface area contributed by atoms with Crippen molar-refractivity contribution < 1.29 is 9.59 Å². The summed E-state index contributed by atoms with van der Waals surface area (Å²) in [4.78, 5) is 24.7. The van der Waals surface area contributed by atoms with Crippen molar-refractivity contribution >= 4 is 45.3 Å². The maximum atomic E-state index is 12.2. The molecule has 0 fully saturated rings. The van der Waals surface area contributed by atoms with E-state index in [4.69, 9.17) is 0 Å².